The number of aryl methyl sites for hydroxylation is 1. The molecule has 0 aliphatic carbocycles. The quantitative estimate of drug-likeness (QED) is 0.565. The lowest BCUT2D eigenvalue weighted by molar-refractivity contribution is -0.136. The summed E-state index contributed by atoms with van der Waals surface area (Å²) >= 11 is 0. The van der Waals surface area contributed by atoms with Gasteiger partial charge in [0.15, 0.2) is 0 Å². The minimum Gasteiger partial charge on any atom is -0.366 e. The molecule has 0 saturated heterocycles. The average molecular weight is 248 g/mol. The maximum absolute atomic E-state index is 11.0. The molecule has 3 N–H and O–H groups in total. The Labute approximate surface area is 105 Å². The van der Waals surface area contributed by atoms with E-state index >= 15 is 0 Å². The first-order valence-corrected chi connectivity index (χ1v) is 5.68. The van der Waals surface area contributed by atoms with Gasteiger partial charge < -0.3 is 11.1 Å². The highest BCUT2D eigenvalue weighted by Gasteiger charge is 2.05. The summed E-state index contributed by atoms with van der Waals surface area (Å²) in [5, 5.41) is 2.52. The Morgan fingerprint density at radius 1 is 1.17 bits per heavy atom. The smallest absolute Gasteiger partial charge is 0.287 e. The van der Waals surface area contributed by atoms with Crippen molar-refractivity contribution < 1.29 is 14.4 Å². The highest BCUT2D eigenvalue weighted by Crippen LogP contribution is 2.05. The zero-order chi connectivity index (χ0) is 13.5. The molecule has 2 amide bonds. The summed E-state index contributed by atoms with van der Waals surface area (Å²) in [6.45, 7) is 1.69. The maximum Gasteiger partial charge on any atom is 0.287 e. The Hall–Kier alpha value is -2.17. The van der Waals surface area contributed by atoms with Gasteiger partial charge in [-0.25, -0.2) is 0 Å². The van der Waals surface area contributed by atoms with Crippen LogP contribution in [0.1, 0.15) is 29.3 Å². The van der Waals surface area contributed by atoms with Crippen molar-refractivity contribution in [2.45, 2.75) is 19.8 Å². The van der Waals surface area contributed by atoms with Crippen molar-refractivity contribution in [3.63, 3.8) is 0 Å². The van der Waals surface area contributed by atoms with Gasteiger partial charge in [-0.05, 0) is 30.5 Å². The number of amides is 2. The van der Waals surface area contributed by atoms with Crippen LogP contribution in [0.2, 0.25) is 0 Å². The Kier molecular flexibility index (Phi) is 5.05. The predicted molar refractivity (Wildman–Crippen MR) is 67.0 cm³/mol. The summed E-state index contributed by atoms with van der Waals surface area (Å²) < 4.78 is 0. The SMILES string of the molecule is CC(=O)C(=O)NCCCc1ccc(C(N)=O)cc1. The molecule has 5 heteroatoms. The minimum absolute atomic E-state index is 0.449. The van der Waals surface area contributed by atoms with E-state index in [0.29, 0.717) is 12.1 Å². The molecule has 0 aromatic heterocycles. The van der Waals surface area contributed by atoms with Crippen LogP contribution in [0.25, 0.3) is 0 Å². The molecule has 0 saturated carbocycles. The monoisotopic (exact) mass is 248 g/mol. The van der Waals surface area contributed by atoms with E-state index < -0.39 is 17.6 Å². The molecular formula is C13H16N2O3. The summed E-state index contributed by atoms with van der Waals surface area (Å²) in [6.07, 6.45) is 1.49. The second-order valence-electron chi connectivity index (χ2n) is 3.98. The second kappa shape index (κ2) is 6.54. The number of Topliss-reactive ketones (excluding diaryl/α,β-unsaturated/α-hetero) is 1. The lowest BCUT2D eigenvalue weighted by Gasteiger charge is -2.04. The van der Waals surface area contributed by atoms with Crippen molar-refractivity contribution in [2.75, 3.05) is 6.54 Å². The van der Waals surface area contributed by atoms with Gasteiger partial charge in [0, 0.05) is 19.0 Å². The first kappa shape index (κ1) is 13.9. The number of hydrogen-bond acceptors (Lipinski definition) is 3. The lowest BCUT2D eigenvalue weighted by atomic mass is 10.1. The third kappa shape index (κ3) is 4.37. The van der Waals surface area contributed by atoms with Gasteiger partial charge in [0.05, 0.1) is 0 Å². The van der Waals surface area contributed by atoms with E-state index in [1.54, 1.807) is 12.1 Å². The number of carbonyl (C=O) groups excluding carboxylic acids is 3. The van der Waals surface area contributed by atoms with Crippen molar-refractivity contribution in [1.82, 2.24) is 5.32 Å². The fourth-order valence-electron chi connectivity index (χ4n) is 1.45. The number of nitrogens with one attached hydrogen (secondary N) is 1. The number of carbonyl (C=O) groups is 3. The fraction of sp³-hybridized carbons (Fsp3) is 0.308. The van der Waals surface area contributed by atoms with Crippen molar-refractivity contribution in [1.29, 1.82) is 0 Å². The maximum atomic E-state index is 11.0. The van der Waals surface area contributed by atoms with E-state index in [2.05, 4.69) is 5.32 Å². The van der Waals surface area contributed by atoms with E-state index in [4.69, 9.17) is 5.73 Å². The minimum atomic E-state index is -0.556. The second-order valence-corrected chi connectivity index (χ2v) is 3.98. The van der Waals surface area contributed by atoms with Crippen LogP contribution in [0.15, 0.2) is 24.3 Å². The van der Waals surface area contributed by atoms with Crippen LogP contribution in [0, 0.1) is 0 Å². The van der Waals surface area contributed by atoms with Gasteiger partial charge in [0.1, 0.15) is 0 Å². The summed E-state index contributed by atoms with van der Waals surface area (Å²) in [5.74, 6) is -1.49. The van der Waals surface area contributed by atoms with Crippen molar-refractivity contribution in [3.05, 3.63) is 35.4 Å². The third-order valence-electron chi connectivity index (χ3n) is 2.49. The molecule has 5 nitrogen and oxygen atoms in total. The molecule has 0 bridgehead atoms. The van der Waals surface area contributed by atoms with E-state index in [0.717, 1.165) is 18.4 Å². The number of benzene rings is 1. The zero-order valence-corrected chi connectivity index (χ0v) is 10.2. The molecule has 0 aliphatic rings. The van der Waals surface area contributed by atoms with Crippen LogP contribution >= 0.6 is 0 Å². The van der Waals surface area contributed by atoms with E-state index in [1.807, 2.05) is 12.1 Å². The molecule has 18 heavy (non-hydrogen) atoms. The van der Waals surface area contributed by atoms with Gasteiger partial charge in [-0.15, -0.1) is 0 Å². The summed E-state index contributed by atoms with van der Waals surface area (Å²) in [5.41, 5.74) is 6.66. The highest BCUT2D eigenvalue weighted by molar-refractivity contribution is 6.35. The van der Waals surface area contributed by atoms with E-state index in [9.17, 15) is 14.4 Å². The molecule has 0 fully saturated rings. The fourth-order valence-corrected chi connectivity index (χ4v) is 1.45. The summed E-state index contributed by atoms with van der Waals surface area (Å²) in [6, 6.07) is 7.00. The van der Waals surface area contributed by atoms with Crippen LogP contribution < -0.4 is 11.1 Å². The molecule has 96 valence electrons. The molecule has 0 atom stereocenters. The Morgan fingerprint density at radius 3 is 2.28 bits per heavy atom. The van der Waals surface area contributed by atoms with Crippen LogP contribution in [-0.4, -0.2) is 24.1 Å². The van der Waals surface area contributed by atoms with Crippen LogP contribution in [-0.2, 0) is 16.0 Å². The third-order valence-corrected chi connectivity index (χ3v) is 2.49. The molecule has 1 aromatic carbocycles. The van der Waals surface area contributed by atoms with Gasteiger partial charge in [-0.1, -0.05) is 12.1 Å². The van der Waals surface area contributed by atoms with E-state index in [1.165, 1.54) is 6.92 Å². The topological polar surface area (TPSA) is 89.3 Å². The summed E-state index contributed by atoms with van der Waals surface area (Å²) in [7, 11) is 0. The highest BCUT2D eigenvalue weighted by atomic mass is 16.2. The van der Waals surface area contributed by atoms with Crippen LogP contribution in [0.3, 0.4) is 0 Å². The van der Waals surface area contributed by atoms with Crippen molar-refractivity contribution in [3.8, 4) is 0 Å². The molecule has 1 rings (SSSR count). The molecule has 0 spiro atoms. The number of hydrogen-bond donors (Lipinski definition) is 2. The Balaban J connectivity index is 2.34. The largest absolute Gasteiger partial charge is 0.366 e. The van der Waals surface area contributed by atoms with Gasteiger partial charge >= 0.3 is 0 Å². The molecule has 1 aromatic rings. The normalized spacial score (nSPS) is 9.83. The van der Waals surface area contributed by atoms with Crippen LogP contribution in [0.4, 0.5) is 0 Å². The van der Waals surface area contributed by atoms with E-state index in [-0.39, 0.29) is 0 Å². The Bertz CT molecular complexity index is 452. The molecule has 0 unspecified atom stereocenters. The lowest BCUT2D eigenvalue weighted by Crippen LogP contribution is -2.30. The number of nitrogens with two attached hydrogens (primary N) is 1. The first-order chi connectivity index (χ1) is 8.50. The van der Waals surface area contributed by atoms with Crippen LogP contribution in [0.5, 0.6) is 0 Å². The Morgan fingerprint density at radius 2 is 1.78 bits per heavy atom. The number of primary amides is 1. The first-order valence-electron chi connectivity index (χ1n) is 5.68. The van der Waals surface area contributed by atoms with Gasteiger partial charge in [0.25, 0.3) is 5.91 Å². The van der Waals surface area contributed by atoms with Crippen molar-refractivity contribution in [2.24, 2.45) is 5.73 Å². The molecule has 0 aliphatic heterocycles. The predicted octanol–water partition coefficient (Wildman–Crippen LogP) is 0.423. The molecular weight excluding hydrogens is 232 g/mol. The molecule has 0 heterocycles. The van der Waals surface area contributed by atoms with Gasteiger partial charge in [0.2, 0.25) is 11.7 Å². The standard InChI is InChI=1S/C13H16N2O3/c1-9(16)13(18)15-8-2-3-10-4-6-11(7-5-10)12(14)17/h4-7H,2-3,8H2,1H3,(H2,14,17)(H,15,18). The van der Waals surface area contributed by atoms with Gasteiger partial charge in [-0.3, -0.25) is 14.4 Å². The van der Waals surface area contributed by atoms with Crippen molar-refractivity contribution >= 4 is 17.6 Å². The number of ketones is 1. The summed E-state index contributed by atoms with van der Waals surface area (Å²) in [4.78, 5) is 32.5. The number of rotatable bonds is 6. The van der Waals surface area contributed by atoms with Gasteiger partial charge in [-0.2, -0.15) is 0 Å². The average Bonchev–Trinajstić information content (AvgIpc) is 2.34. The molecule has 0 radical (unpaired) electrons. The zero-order valence-electron chi connectivity index (χ0n) is 10.2.